The van der Waals surface area contributed by atoms with Gasteiger partial charge < -0.3 is 5.32 Å². The molecule has 1 heterocycles. The first kappa shape index (κ1) is 14.5. The lowest BCUT2D eigenvalue weighted by molar-refractivity contribution is 0.236. The van der Waals surface area contributed by atoms with Gasteiger partial charge in [-0.25, -0.2) is 0 Å². The van der Waals surface area contributed by atoms with Crippen LogP contribution in [0, 0.1) is 13.8 Å². The molecule has 0 amide bonds. The van der Waals surface area contributed by atoms with Crippen LogP contribution in [0.1, 0.15) is 43.4 Å². The second-order valence-electron chi connectivity index (χ2n) is 6.33. The fourth-order valence-corrected chi connectivity index (χ4v) is 3.10. The lowest BCUT2D eigenvalue weighted by Crippen LogP contribution is -2.39. The van der Waals surface area contributed by atoms with Crippen LogP contribution in [0.15, 0.2) is 18.2 Å². The summed E-state index contributed by atoms with van der Waals surface area (Å²) in [5.74, 6) is 0. The molecule has 0 radical (unpaired) electrons. The van der Waals surface area contributed by atoms with Crippen molar-refractivity contribution in [2.24, 2.45) is 0 Å². The standard InChI is InChI=1S/C17H28N2/c1-13(2)18-11-17-6-5-7-19(17)12-16-9-14(3)8-15(4)10-16/h8-10,13,17-18H,5-7,11-12H2,1-4H3. The highest BCUT2D eigenvalue weighted by Gasteiger charge is 2.24. The largest absolute Gasteiger partial charge is 0.313 e. The zero-order valence-corrected chi connectivity index (χ0v) is 12.9. The lowest BCUT2D eigenvalue weighted by Gasteiger charge is -2.26. The molecule has 1 saturated heterocycles. The minimum absolute atomic E-state index is 0.587. The molecular weight excluding hydrogens is 232 g/mol. The van der Waals surface area contributed by atoms with E-state index in [2.05, 4.69) is 56.1 Å². The third kappa shape index (κ3) is 4.32. The van der Waals surface area contributed by atoms with Gasteiger partial charge >= 0.3 is 0 Å². The maximum Gasteiger partial charge on any atom is 0.0237 e. The Morgan fingerprint density at radius 2 is 1.89 bits per heavy atom. The van der Waals surface area contributed by atoms with Gasteiger partial charge in [0.05, 0.1) is 0 Å². The van der Waals surface area contributed by atoms with Crippen LogP contribution in [0.3, 0.4) is 0 Å². The van der Waals surface area contributed by atoms with Gasteiger partial charge in [0.1, 0.15) is 0 Å². The van der Waals surface area contributed by atoms with E-state index in [1.54, 1.807) is 0 Å². The highest BCUT2D eigenvalue weighted by molar-refractivity contribution is 5.28. The predicted octanol–water partition coefficient (Wildman–Crippen LogP) is 3.27. The van der Waals surface area contributed by atoms with E-state index in [4.69, 9.17) is 0 Å². The minimum atomic E-state index is 0.587. The number of nitrogens with one attached hydrogen (secondary N) is 1. The molecule has 1 N–H and O–H groups in total. The van der Waals surface area contributed by atoms with Crippen LogP contribution in [0.5, 0.6) is 0 Å². The predicted molar refractivity (Wildman–Crippen MR) is 82.5 cm³/mol. The van der Waals surface area contributed by atoms with Crippen molar-refractivity contribution in [3.63, 3.8) is 0 Å². The first-order valence-electron chi connectivity index (χ1n) is 7.59. The van der Waals surface area contributed by atoms with Crippen molar-refractivity contribution in [2.75, 3.05) is 13.1 Å². The van der Waals surface area contributed by atoms with Gasteiger partial charge in [-0.1, -0.05) is 43.2 Å². The molecule has 0 bridgehead atoms. The fraction of sp³-hybridized carbons (Fsp3) is 0.647. The van der Waals surface area contributed by atoms with E-state index in [-0.39, 0.29) is 0 Å². The first-order chi connectivity index (χ1) is 9.04. The molecule has 1 unspecified atom stereocenters. The van der Waals surface area contributed by atoms with Crippen molar-refractivity contribution in [3.8, 4) is 0 Å². The van der Waals surface area contributed by atoms with E-state index in [1.807, 2.05) is 0 Å². The summed E-state index contributed by atoms with van der Waals surface area (Å²) in [6, 6.07) is 8.22. The maximum absolute atomic E-state index is 3.58. The SMILES string of the molecule is Cc1cc(C)cc(CN2CCCC2CNC(C)C)c1. The summed E-state index contributed by atoms with van der Waals surface area (Å²) in [5.41, 5.74) is 4.23. The minimum Gasteiger partial charge on any atom is -0.313 e. The summed E-state index contributed by atoms with van der Waals surface area (Å²) in [4.78, 5) is 2.64. The fourth-order valence-electron chi connectivity index (χ4n) is 3.10. The molecule has 19 heavy (non-hydrogen) atoms. The average Bonchev–Trinajstić information content (AvgIpc) is 2.72. The lowest BCUT2D eigenvalue weighted by atomic mass is 10.1. The van der Waals surface area contributed by atoms with Crippen molar-refractivity contribution < 1.29 is 0 Å². The molecular formula is C17H28N2. The van der Waals surface area contributed by atoms with Crippen molar-refractivity contribution >= 4 is 0 Å². The molecule has 1 fully saturated rings. The Labute approximate surface area is 118 Å². The molecule has 0 saturated carbocycles. The number of nitrogens with zero attached hydrogens (tertiary/aromatic N) is 1. The van der Waals surface area contributed by atoms with Crippen molar-refractivity contribution in [2.45, 2.75) is 59.2 Å². The second kappa shape index (κ2) is 6.53. The summed E-state index contributed by atoms with van der Waals surface area (Å²) in [7, 11) is 0. The molecule has 0 aromatic heterocycles. The van der Waals surface area contributed by atoms with Gasteiger partial charge in [-0.3, -0.25) is 4.90 Å². The number of hydrogen-bond acceptors (Lipinski definition) is 2. The van der Waals surface area contributed by atoms with Crippen LogP contribution >= 0.6 is 0 Å². The van der Waals surface area contributed by atoms with Crippen LogP contribution in [0.2, 0.25) is 0 Å². The molecule has 2 rings (SSSR count). The molecule has 1 aliphatic rings. The van der Waals surface area contributed by atoms with Crippen LogP contribution in [0.25, 0.3) is 0 Å². The number of benzene rings is 1. The summed E-state index contributed by atoms with van der Waals surface area (Å²) in [6.07, 6.45) is 2.68. The number of likely N-dealkylation sites (tertiary alicyclic amines) is 1. The topological polar surface area (TPSA) is 15.3 Å². The van der Waals surface area contributed by atoms with Crippen LogP contribution in [-0.4, -0.2) is 30.1 Å². The number of aryl methyl sites for hydroxylation is 2. The molecule has 2 nitrogen and oxygen atoms in total. The maximum atomic E-state index is 3.58. The first-order valence-corrected chi connectivity index (χ1v) is 7.59. The molecule has 0 aliphatic carbocycles. The van der Waals surface area contributed by atoms with E-state index in [1.165, 1.54) is 36.1 Å². The third-order valence-corrected chi connectivity index (χ3v) is 3.93. The quantitative estimate of drug-likeness (QED) is 0.874. The van der Waals surface area contributed by atoms with Crippen molar-refractivity contribution in [1.29, 1.82) is 0 Å². The van der Waals surface area contributed by atoms with Crippen LogP contribution in [-0.2, 0) is 6.54 Å². The van der Waals surface area contributed by atoms with Crippen molar-refractivity contribution in [1.82, 2.24) is 10.2 Å². The Balaban J connectivity index is 1.96. The Morgan fingerprint density at radius 3 is 2.53 bits per heavy atom. The summed E-state index contributed by atoms with van der Waals surface area (Å²) in [5, 5.41) is 3.58. The van der Waals surface area contributed by atoms with Gasteiger partial charge in [0.25, 0.3) is 0 Å². The monoisotopic (exact) mass is 260 g/mol. The van der Waals surface area contributed by atoms with E-state index >= 15 is 0 Å². The number of hydrogen-bond donors (Lipinski definition) is 1. The van der Waals surface area contributed by atoms with Gasteiger partial charge in [0, 0.05) is 25.2 Å². The Morgan fingerprint density at radius 1 is 1.21 bits per heavy atom. The summed E-state index contributed by atoms with van der Waals surface area (Å²) >= 11 is 0. The van der Waals surface area contributed by atoms with Crippen LogP contribution < -0.4 is 5.32 Å². The van der Waals surface area contributed by atoms with Gasteiger partial charge in [0.15, 0.2) is 0 Å². The van der Waals surface area contributed by atoms with Crippen molar-refractivity contribution in [3.05, 3.63) is 34.9 Å². The molecule has 1 aromatic rings. The summed E-state index contributed by atoms with van der Waals surface area (Å²) < 4.78 is 0. The molecule has 0 spiro atoms. The van der Waals surface area contributed by atoms with E-state index in [0.29, 0.717) is 12.1 Å². The molecule has 1 aliphatic heterocycles. The molecule has 106 valence electrons. The summed E-state index contributed by atoms with van der Waals surface area (Å²) in [6.45, 7) is 12.3. The highest BCUT2D eigenvalue weighted by atomic mass is 15.2. The van der Waals surface area contributed by atoms with E-state index in [9.17, 15) is 0 Å². The van der Waals surface area contributed by atoms with Gasteiger partial charge in [0.2, 0.25) is 0 Å². The van der Waals surface area contributed by atoms with E-state index < -0.39 is 0 Å². The van der Waals surface area contributed by atoms with Gasteiger partial charge in [-0.15, -0.1) is 0 Å². The Bertz CT molecular complexity index is 391. The molecule has 1 atom stereocenters. The average molecular weight is 260 g/mol. The smallest absolute Gasteiger partial charge is 0.0237 e. The molecule has 1 aromatic carbocycles. The third-order valence-electron chi connectivity index (χ3n) is 3.93. The normalized spacial score (nSPS) is 20.4. The zero-order valence-electron chi connectivity index (χ0n) is 12.9. The van der Waals surface area contributed by atoms with E-state index in [0.717, 1.165) is 13.1 Å². The molecule has 2 heteroatoms. The zero-order chi connectivity index (χ0) is 13.8. The Kier molecular flexibility index (Phi) is 5.00. The van der Waals surface area contributed by atoms with Gasteiger partial charge in [-0.05, 0) is 38.8 Å². The highest BCUT2D eigenvalue weighted by Crippen LogP contribution is 2.20. The Hall–Kier alpha value is -0.860. The van der Waals surface area contributed by atoms with Gasteiger partial charge in [-0.2, -0.15) is 0 Å². The van der Waals surface area contributed by atoms with Crippen LogP contribution in [0.4, 0.5) is 0 Å². The number of rotatable bonds is 5. The second-order valence-corrected chi connectivity index (χ2v) is 6.33.